The zero-order chi connectivity index (χ0) is 13.7. The largest absolute Gasteiger partial charge is 0.332 e. The lowest BCUT2D eigenvalue weighted by atomic mass is 10.2. The smallest absolute Gasteiger partial charge is 0.316 e. The third-order valence-electron chi connectivity index (χ3n) is 3.22. The number of para-hydroxylation sites is 1. The average molecular weight is 261 g/mol. The fourth-order valence-electron chi connectivity index (χ4n) is 2.17. The van der Waals surface area contributed by atoms with Crippen molar-refractivity contribution in [3.63, 3.8) is 0 Å². The number of carbonyl (C=O) groups is 2. The van der Waals surface area contributed by atoms with Crippen molar-refractivity contribution in [3.8, 4) is 0 Å². The SMILES string of the molecule is CCN(C(=O)C(=O)N1CCNCC1)c1ccccc1. The summed E-state index contributed by atoms with van der Waals surface area (Å²) >= 11 is 0. The number of carbonyl (C=O) groups excluding carboxylic acids is 2. The van der Waals surface area contributed by atoms with Crippen molar-refractivity contribution in [3.05, 3.63) is 30.3 Å². The van der Waals surface area contributed by atoms with E-state index in [1.165, 1.54) is 4.90 Å². The van der Waals surface area contributed by atoms with Crippen LogP contribution in [0.2, 0.25) is 0 Å². The molecule has 2 amide bonds. The summed E-state index contributed by atoms with van der Waals surface area (Å²) < 4.78 is 0. The Hall–Kier alpha value is -1.88. The van der Waals surface area contributed by atoms with Gasteiger partial charge in [0, 0.05) is 38.4 Å². The molecule has 1 aliphatic rings. The second-order valence-electron chi connectivity index (χ2n) is 4.43. The minimum absolute atomic E-state index is 0.410. The Bertz CT molecular complexity index is 441. The first kappa shape index (κ1) is 13.5. The summed E-state index contributed by atoms with van der Waals surface area (Å²) in [6.45, 7) is 5.04. The molecule has 5 heteroatoms. The summed E-state index contributed by atoms with van der Waals surface area (Å²) in [6.07, 6.45) is 0. The lowest BCUT2D eigenvalue weighted by molar-refractivity contribution is -0.144. The van der Waals surface area contributed by atoms with Crippen LogP contribution in [-0.2, 0) is 9.59 Å². The van der Waals surface area contributed by atoms with Gasteiger partial charge in [-0.15, -0.1) is 0 Å². The molecule has 1 aromatic rings. The number of benzene rings is 1. The Morgan fingerprint density at radius 2 is 1.84 bits per heavy atom. The summed E-state index contributed by atoms with van der Waals surface area (Å²) in [5.41, 5.74) is 0.762. The van der Waals surface area contributed by atoms with Gasteiger partial charge in [-0.05, 0) is 19.1 Å². The van der Waals surface area contributed by atoms with E-state index in [-0.39, 0.29) is 0 Å². The molecule has 0 aliphatic carbocycles. The van der Waals surface area contributed by atoms with E-state index in [0.717, 1.165) is 18.8 Å². The highest BCUT2D eigenvalue weighted by Gasteiger charge is 2.27. The molecule has 1 heterocycles. The number of anilines is 1. The first-order valence-electron chi connectivity index (χ1n) is 6.60. The molecule has 1 fully saturated rings. The molecule has 1 saturated heterocycles. The van der Waals surface area contributed by atoms with Crippen molar-refractivity contribution in [1.29, 1.82) is 0 Å². The Morgan fingerprint density at radius 3 is 2.42 bits per heavy atom. The first-order chi connectivity index (χ1) is 9.24. The van der Waals surface area contributed by atoms with Crippen LogP contribution in [0.5, 0.6) is 0 Å². The summed E-state index contributed by atoms with van der Waals surface area (Å²) in [5, 5.41) is 3.16. The number of piperazine rings is 1. The van der Waals surface area contributed by atoms with E-state index < -0.39 is 11.8 Å². The molecule has 1 aliphatic heterocycles. The van der Waals surface area contributed by atoms with Crippen LogP contribution in [0.4, 0.5) is 5.69 Å². The molecule has 19 heavy (non-hydrogen) atoms. The highest BCUT2D eigenvalue weighted by molar-refractivity contribution is 6.40. The molecule has 0 aromatic heterocycles. The number of nitrogens with one attached hydrogen (secondary N) is 1. The minimum atomic E-state index is -0.449. The van der Waals surface area contributed by atoms with Crippen LogP contribution in [0.1, 0.15) is 6.92 Å². The Morgan fingerprint density at radius 1 is 1.21 bits per heavy atom. The maximum atomic E-state index is 12.3. The summed E-state index contributed by atoms with van der Waals surface area (Å²) in [4.78, 5) is 27.6. The highest BCUT2D eigenvalue weighted by Crippen LogP contribution is 2.14. The predicted octanol–water partition coefficient (Wildman–Crippen LogP) is 0.471. The third-order valence-corrected chi connectivity index (χ3v) is 3.22. The van der Waals surface area contributed by atoms with Gasteiger partial charge >= 0.3 is 11.8 Å². The van der Waals surface area contributed by atoms with Crippen LogP contribution in [0, 0.1) is 0 Å². The van der Waals surface area contributed by atoms with Gasteiger partial charge in [0.2, 0.25) is 0 Å². The molecule has 102 valence electrons. The molecule has 0 radical (unpaired) electrons. The average Bonchev–Trinajstić information content (AvgIpc) is 2.49. The molecule has 0 spiro atoms. The number of amides is 2. The molecule has 1 aromatic carbocycles. The standard InChI is InChI=1S/C14H19N3O2/c1-2-17(12-6-4-3-5-7-12)14(19)13(18)16-10-8-15-9-11-16/h3-7,15H,2,8-11H2,1H3. The number of hydrogen-bond acceptors (Lipinski definition) is 3. The van der Waals surface area contributed by atoms with Gasteiger partial charge in [0.15, 0.2) is 0 Å². The van der Waals surface area contributed by atoms with Gasteiger partial charge < -0.3 is 15.1 Å². The Kier molecular flexibility index (Phi) is 4.52. The Balaban J connectivity index is 2.10. The topological polar surface area (TPSA) is 52.7 Å². The van der Waals surface area contributed by atoms with Gasteiger partial charge in [-0.25, -0.2) is 0 Å². The number of hydrogen-bond donors (Lipinski definition) is 1. The van der Waals surface area contributed by atoms with Gasteiger partial charge in [-0.1, -0.05) is 18.2 Å². The minimum Gasteiger partial charge on any atom is -0.332 e. The fraction of sp³-hybridized carbons (Fsp3) is 0.429. The van der Waals surface area contributed by atoms with E-state index in [4.69, 9.17) is 0 Å². The van der Waals surface area contributed by atoms with Crippen molar-refractivity contribution in [1.82, 2.24) is 10.2 Å². The lowest BCUT2D eigenvalue weighted by Crippen LogP contribution is -2.52. The van der Waals surface area contributed by atoms with Crippen LogP contribution in [0.25, 0.3) is 0 Å². The molecular weight excluding hydrogens is 242 g/mol. The zero-order valence-corrected chi connectivity index (χ0v) is 11.1. The summed E-state index contributed by atoms with van der Waals surface area (Å²) in [6, 6.07) is 9.29. The molecule has 2 rings (SSSR count). The monoisotopic (exact) mass is 261 g/mol. The van der Waals surface area contributed by atoms with E-state index in [1.807, 2.05) is 37.3 Å². The van der Waals surface area contributed by atoms with E-state index in [0.29, 0.717) is 19.6 Å². The molecule has 0 unspecified atom stereocenters. The van der Waals surface area contributed by atoms with Crippen LogP contribution in [-0.4, -0.2) is 49.4 Å². The van der Waals surface area contributed by atoms with Gasteiger partial charge in [0.25, 0.3) is 0 Å². The second-order valence-corrected chi connectivity index (χ2v) is 4.43. The number of rotatable bonds is 2. The van der Waals surface area contributed by atoms with Crippen LogP contribution < -0.4 is 10.2 Å². The van der Waals surface area contributed by atoms with E-state index in [1.54, 1.807) is 4.90 Å². The van der Waals surface area contributed by atoms with E-state index in [2.05, 4.69) is 5.32 Å². The quantitative estimate of drug-likeness (QED) is 0.787. The van der Waals surface area contributed by atoms with E-state index in [9.17, 15) is 9.59 Å². The summed E-state index contributed by atoms with van der Waals surface area (Å²) in [7, 11) is 0. The second kappa shape index (κ2) is 6.33. The van der Waals surface area contributed by atoms with Crippen LogP contribution >= 0.6 is 0 Å². The first-order valence-corrected chi connectivity index (χ1v) is 6.60. The Labute approximate surface area is 113 Å². The van der Waals surface area contributed by atoms with Gasteiger partial charge in [0.05, 0.1) is 0 Å². The fourth-order valence-corrected chi connectivity index (χ4v) is 2.17. The van der Waals surface area contributed by atoms with Gasteiger partial charge in [-0.2, -0.15) is 0 Å². The zero-order valence-electron chi connectivity index (χ0n) is 11.1. The lowest BCUT2D eigenvalue weighted by Gasteiger charge is -2.29. The van der Waals surface area contributed by atoms with Crippen molar-refractivity contribution in [2.24, 2.45) is 0 Å². The summed E-state index contributed by atoms with van der Waals surface area (Å²) in [5.74, 6) is -0.859. The van der Waals surface area contributed by atoms with Crippen molar-refractivity contribution < 1.29 is 9.59 Å². The van der Waals surface area contributed by atoms with Crippen molar-refractivity contribution >= 4 is 17.5 Å². The van der Waals surface area contributed by atoms with Crippen molar-refractivity contribution in [2.75, 3.05) is 37.6 Å². The molecular formula is C14H19N3O2. The maximum absolute atomic E-state index is 12.3. The maximum Gasteiger partial charge on any atom is 0.316 e. The van der Waals surface area contributed by atoms with Gasteiger partial charge in [0.1, 0.15) is 0 Å². The van der Waals surface area contributed by atoms with Crippen molar-refractivity contribution in [2.45, 2.75) is 6.92 Å². The van der Waals surface area contributed by atoms with Crippen LogP contribution in [0.15, 0.2) is 30.3 Å². The molecule has 5 nitrogen and oxygen atoms in total. The third kappa shape index (κ3) is 3.12. The number of likely N-dealkylation sites (N-methyl/N-ethyl adjacent to an activating group) is 1. The van der Waals surface area contributed by atoms with Gasteiger partial charge in [-0.3, -0.25) is 9.59 Å². The molecule has 0 saturated carbocycles. The van der Waals surface area contributed by atoms with E-state index >= 15 is 0 Å². The normalized spacial score (nSPS) is 15.1. The molecule has 0 atom stereocenters. The molecule has 0 bridgehead atoms. The highest BCUT2D eigenvalue weighted by atomic mass is 16.2. The molecule has 1 N–H and O–H groups in total. The predicted molar refractivity (Wildman–Crippen MR) is 73.9 cm³/mol. The van der Waals surface area contributed by atoms with Crippen LogP contribution in [0.3, 0.4) is 0 Å². The number of nitrogens with zero attached hydrogens (tertiary/aromatic N) is 2.